The number of ether oxygens (including phenoxy) is 1. The first-order valence-corrected chi connectivity index (χ1v) is 10.4. The summed E-state index contributed by atoms with van der Waals surface area (Å²) in [4.78, 5) is 9.02. The number of aliphatic imine (C=N–C) groups is 1. The molecule has 0 saturated carbocycles. The van der Waals surface area contributed by atoms with Gasteiger partial charge in [0, 0.05) is 45.8 Å². The van der Waals surface area contributed by atoms with E-state index in [1.165, 1.54) is 6.07 Å². The lowest BCUT2D eigenvalue weighted by Gasteiger charge is -2.36. The van der Waals surface area contributed by atoms with Gasteiger partial charge in [0.15, 0.2) is 5.96 Å². The number of nitrogens with zero attached hydrogens (tertiary/aromatic N) is 3. The highest BCUT2D eigenvalue weighted by Gasteiger charge is 2.30. The van der Waals surface area contributed by atoms with Crippen LogP contribution in [0.5, 0.6) is 5.75 Å². The van der Waals surface area contributed by atoms with Gasteiger partial charge in [-0.1, -0.05) is 13.0 Å². The van der Waals surface area contributed by atoms with Crippen LogP contribution in [-0.2, 0) is 6.18 Å². The molecule has 6 nitrogen and oxygen atoms in total. The van der Waals surface area contributed by atoms with Crippen molar-refractivity contribution in [2.24, 2.45) is 4.99 Å². The summed E-state index contributed by atoms with van der Waals surface area (Å²) in [6.07, 6.45) is -4.01. The molecule has 1 aliphatic rings. The fourth-order valence-electron chi connectivity index (χ4n) is 3.27. The van der Waals surface area contributed by atoms with Crippen molar-refractivity contribution in [3.8, 4) is 5.75 Å². The molecule has 1 fully saturated rings. The Bertz CT molecular complexity index is 681. The predicted octanol–water partition coefficient (Wildman–Crippen LogP) is 3.28. The Morgan fingerprint density at radius 3 is 2.39 bits per heavy atom. The molecule has 0 radical (unpaired) electrons. The van der Waals surface area contributed by atoms with E-state index in [1.54, 1.807) is 13.1 Å². The topological polar surface area (TPSA) is 52.1 Å². The largest absolute Gasteiger partial charge is 0.489 e. The Labute approximate surface area is 200 Å². The first-order valence-electron chi connectivity index (χ1n) is 10.4. The average molecular weight is 557 g/mol. The molecule has 0 bridgehead atoms. The van der Waals surface area contributed by atoms with Gasteiger partial charge in [0.25, 0.3) is 0 Å². The molecule has 1 heterocycles. The van der Waals surface area contributed by atoms with E-state index in [0.717, 1.165) is 44.9 Å². The number of rotatable bonds is 8. The molecular weight excluding hydrogens is 522 g/mol. The lowest BCUT2D eigenvalue weighted by Crippen LogP contribution is -2.52. The zero-order valence-corrected chi connectivity index (χ0v) is 21.0. The van der Waals surface area contributed by atoms with Crippen molar-refractivity contribution in [1.82, 2.24) is 20.4 Å². The number of piperazine rings is 1. The van der Waals surface area contributed by atoms with E-state index in [-0.39, 0.29) is 35.8 Å². The van der Waals surface area contributed by atoms with Crippen molar-refractivity contribution in [2.75, 3.05) is 53.4 Å². The first kappa shape index (κ1) is 27.8. The van der Waals surface area contributed by atoms with Gasteiger partial charge in [-0.15, -0.1) is 24.0 Å². The summed E-state index contributed by atoms with van der Waals surface area (Å²) < 4.78 is 44.4. The van der Waals surface area contributed by atoms with E-state index < -0.39 is 11.7 Å². The van der Waals surface area contributed by atoms with E-state index in [9.17, 15) is 13.2 Å². The molecular formula is C21H35F3IN5O. The average Bonchev–Trinajstić information content (AvgIpc) is 2.72. The summed E-state index contributed by atoms with van der Waals surface area (Å²) >= 11 is 0. The third-order valence-electron chi connectivity index (χ3n) is 5.37. The third kappa shape index (κ3) is 9.40. The molecule has 1 saturated heterocycles. The third-order valence-corrected chi connectivity index (χ3v) is 5.37. The maximum Gasteiger partial charge on any atom is 0.416 e. The number of halogens is 4. The minimum Gasteiger partial charge on any atom is -0.489 e. The van der Waals surface area contributed by atoms with E-state index in [4.69, 9.17) is 4.74 Å². The molecule has 31 heavy (non-hydrogen) atoms. The number of hydrogen-bond acceptors (Lipinski definition) is 4. The summed E-state index contributed by atoms with van der Waals surface area (Å²) in [6, 6.07) is 5.36. The van der Waals surface area contributed by atoms with E-state index in [0.29, 0.717) is 25.0 Å². The van der Waals surface area contributed by atoms with Crippen molar-refractivity contribution in [3.05, 3.63) is 29.8 Å². The van der Waals surface area contributed by atoms with Gasteiger partial charge >= 0.3 is 6.18 Å². The van der Waals surface area contributed by atoms with Gasteiger partial charge in [-0.25, -0.2) is 0 Å². The molecule has 1 aromatic carbocycles. The fraction of sp³-hybridized carbons (Fsp3) is 0.667. The monoisotopic (exact) mass is 557 g/mol. The van der Waals surface area contributed by atoms with Crippen LogP contribution in [0.3, 0.4) is 0 Å². The van der Waals surface area contributed by atoms with Crippen LogP contribution in [0.4, 0.5) is 13.2 Å². The highest BCUT2D eigenvalue weighted by Crippen LogP contribution is 2.31. The molecule has 0 amide bonds. The minimum absolute atomic E-state index is 0. The number of alkyl halides is 3. The second-order valence-electron chi connectivity index (χ2n) is 7.70. The van der Waals surface area contributed by atoms with Crippen molar-refractivity contribution in [3.63, 3.8) is 0 Å². The predicted molar refractivity (Wildman–Crippen MR) is 129 cm³/mol. The summed E-state index contributed by atoms with van der Waals surface area (Å²) in [5.74, 6) is 0.868. The molecule has 10 heteroatoms. The molecule has 0 spiro atoms. The standard InChI is InChI=1S/C21H34F3N5O.HI/c1-5-18(30-19-8-6-7-17(13-19)21(22,23)24)15-27-20(25-3)26-14-16(2)29-11-9-28(4)10-12-29;/h6-8,13,16,18H,5,9-12,14-15H2,1-4H3,(H2,25,26,27);1H. The molecule has 2 atom stereocenters. The van der Waals surface area contributed by atoms with Crippen LogP contribution < -0.4 is 15.4 Å². The minimum atomic E-state index is -4.38. The molecule has 1 aliphatic heterocycles. The van der Waals surface area contributed by atoms with Gasteiger partial charge in [-0.3, -0.25) is 9.89 Å². The molecule has 0 aliphatic carbocycles. The van der Waals surface area contributed by atoms with Crippen LogP contribution in [0.1, 0.15) is 25.8 Å². The van der Waals surface area contributed by atoms with E-state index >= 15 is 0 Å². The first-order chi connectivity index (χ1) is 14.2. The highest BCUT2D eigenvalue weighted by molar-refractivity contribution is 14.0. The number of likely N-dealkylation sites (N-methyl/N-ethyl adjacent to an activating group) is 1. The van der Waals surface area contributed by atoms with Gasteiger partial charge in [0.05, 0.1) is 12.1 Å². The second kappa shape index (κ2) is 13.3. The van der Waals surface area contributed by atoms with Crippen molar-refractivity contribution >= 4 is 29.9 Å². The summed E-state index contributed by atoms with van der Waals surface area (Å²) in [6.45, 7) is 9.57. The van der Waals surface area contributed by atoms with Gasteiger partial charge < -0.3 is 20.3 Å². The highest BCUT2D eigenvalue weighted by atomic mass is 127. The SMILES string of the molecule is CCC(CNC(=NC)NCC(C)N1CCN(C)CC1)Oc1cccc(C(F)(F)F)c1.I. The van der Waals surface area contributed by atoms with Gasteiger partial charge in [-0.05, 0) is 38.6 Å². The number of benzene rings is 1. The molecule has 2 rings (SSSR count). The van der Waals surface area contributed by atoms with Crippen LogP contribution in [0.15, 0.2) is 29.3 Å². The Hall–Kier alpha value is -1.27. The summed E-state index contributed by atoms with van der Waals surface area (Å²) in [5.41, 5.74) is -0.710. The zero-order valence-electron chi connectivity index (χ0n) is 18.7. The lowest BCUT2D eigenvalue weighted by atomic mass is 10.2. The fourth-order valence-corrected chi connectivity index (χ4v) is 3.27. The second-order valence-corrected chi connectivity index (χ2v) is 7.70. The van der Waals surface area contributed by atoms with Crippen LogP contribution in [0.25, 0.3) is 0 Å². The van der Waals surface area contributed by atoms with Crippen LogP contribution in [-0.4, -0.2) is 81.3 Å². The molecule has 1 aromatic rings. The number of nitrogens with one attached hydrogen (secondary N) is 2. The quantitative estimate of drug-likeness (QED) is 0.292. The lowest BCUT2D eigenvalue weighted by molar-refractivity contribution is -0.137. The van der Waals surface area contributed by atoms with Gasteiger partial charge in [0.2, 0.25) is 0 Å². The summed E-state index contributed by atoms with van der Waals surface area (Å²) in [5, 5.41) is 6.55. The Kier molecular flexibility index (Phi) is 11.9. The van der Waals surface area contributed by atoms with E-state index in [2.05, 4.69) is 39.4 Å². The van der Waals surface area contributed by atoms with Gasteiger partial charge in [-0.2, -0.15) is 13.2 Å². The molecule has 2 N–H and O–H groups in total. The molecule has 178 valence electrons. The normalized spacial score (nSPS) is 18.1. The Morgan fingerprint density at radius 2 is 1.81 bits per heavy atom. The molecule has 0 aromatic heterocycles. The van der Waals surface area contributed by atoms with Gasteiger partial charge in [0.1, 0.15) is 11.9 Å². The maximum atomic E-state index is 12.9. The van der Waals surface area contributed by atoms with Crippen molar-refractivity contribution in [1.29, 1.82) is 0 Å². The van der Waals surface area contributed by atoms with Crippen molar-refractivity contribution < 1.29 is 17.9 Å². The van der Waals surface area contributed by atoms with E-state index in [1.807, 2.05) is 6.92 Å². The maximum absolute atomic E-state index is 12.9. The smallest absolute Gasteiger partial charge is 0.416 e. The van der Waals surface area contributed by atoms with Crippen molar-refractivity contribution in [2.45, 2.75) is 38.6 Å². The van der Waals surface area contributed by atoms with Crippen LogP contribution in [0.2, 0.25) is 0 Å². The number of hydrogen-bond donors (Lipinski definition) is 2. The molecule has 2 unspecified atom stereocenters. The van der Waals surface area contributed by atoms with Crippen LogP contribution in [0, 0.1) is 0 Å². The summed E-state index contributed by atoms with van der Waals surface area (Å²) in [7, 11) is 3.84. The van der Waals surface area contributed by atoms with Crippen LogP contribution >= 0.6 is 24.0 Å². The zero-order chi connectivity index (χ0) is 22.1. The Balaban J connectivity index is 0.00000480. The number of guanidine groups is 1. The Morgan fingerprint density at radius 1 is 1.16 bits per heavy atom.